The first-order valence-electron chi connectivity index (χ1n) is 5.01. The van der Waals surface area contributed by atoms with Crippen LogP contribution in [0.3, 0.4) is 0 Å². The molecule has 0 bridgehead atoms. The molecule has 1 aromatic rings. The zero-order valence-corrected chi connectivity index (χ0v) is 9.35. The van der Waals surface area contributed by atoms with E-state index in [2.05, 4.69) is 45.2 Å². The molecule has 0 heteroatoms. The molecule has 0 aliphatic rings. The average molecular weight is 186 g/mol. The molecular formula is C14H18. The Bertz CT molecular complexity index is 370. The first-order chi connectivity index (χ1) is 6.56. The number of hydrogen-bond donors (Lipinski definition) is 0. The second kappa shape index (κ2) is 4.28. The van der Waals surface area contributed by atoms with Crippen LogP contribution in [-0.4, -0.2) is 0 Å². The van der Waals surface area contributed by atoms with Crippen molar-refractivity contribution in [2.24, 2.45) is 0 Å². The summed E-state index contributed by atoms with van der Waals surface area (Å²) in [6, 6.07) is 6.46. The molecule has 0 N–H and O–H groups in total. The highest BCUT2D eigenvalue weighted by Crippen LogP contribution is 2.23. The molecule has 0 amide bonds. The van der Waals surface area contributed by atoms with Crippen molar-refractivity contribution in [3.8, 4) is 0 Å². The van der Waals surface area contributed by atoms with E-state index in [0.717, 1.165) is 12.0 Å². The van der Waals surface area contributed by atoms with Crippen LogP contribution in [0.4, 0.5) is 0 Å². The SMILES string of the molecule is C=C(CC)c1ccc(C)c(C(=C)C)c1. The zero-order valence-electron chi connectivity index (χ0n) is 9.35. The van der Waals surface area contributed by atoms with Gasteiger partial charge in [-0.05, 0) is 48.6 Å². The van der Waals surface area contributed by atoms with E-state index in [0.29, 0.717) is 0 Å². The maximum atomic E-state index is 4.04. The van der Waals surface area contributed by atoms with E-state index in [4.69, 9.17) is 0 Å². The highest BCUT2D eigenvalue weighted by atomic mass is 14.1. The first-order valence-corrected chi connectivity index (χ1v) is 5.01. The summed E-state index contributed by atoms with van der Waals surface area (Å²) in [5.74, 6) is 0. The maximum Gasteiger partial charge on any atom is -0.0198 e. The van der Waals surface area contributed by atoms with Gasteiger partial charge in [-0.2, -0.15) is 0 Å². The van der Waals surface area contributed by atoms with Crippen molar-refractivity contribution in [3.05, 3.63) is 48.0 Å². The second-order valence-corrected chi connectivity index (χ2v) is 3.77. The molecular weight excluding hydrogens is 168 g/mol. The topological polar surface area (TPSA) is 0 Å². The van der Waals surface area contributed by atoms with Gasteiger partial charge in [0.05, 0.1) is 0 Å². The van der Waals surface area contributed by atoms with Crippen LogP contribution in [0.15, 0.2) is 31.4 Å². The third kappa shape index (κ3) is 2.14. The lowest BCUT2D eigenvalue weighted by Gasteiger charge is -2.09. The van der Waals surface area contributed by atoms with Gasteiger partial charge < -0.3 is 0 Å². The summed E-state index contributed by atoms with van der Waals surface area (Å²) in [5, 5.41) is 0. The average Bonchev–Trinajstić information content (AvgIpc) is 2.17. The van der Waals surface area contributed by atoms with Crippen LogP contribution < -0.4 is 0 Å². The van der Waals surface area contributed by atoms with Crippen molar-refractivity contribution >= 4 is 11.1 Å². The molecule has 0 unspecified atom stereocenters. The Hall–Kier alpha value is -1.30. The highest BCUT2D eigenvalue weighted by Gasteiger charge is 2.02. The van der Waals surface area contributed by atoms with Crippen molar-refractivity contribution in [1.82, 2.24) is 0 Å². The Morgan fingerprint density at radius 1 is 1.29 bits per heavy atom. The minimum Gasteiger partial charge on any atom is -0.0955 e. The molecule has 0 saturated carbocycles. The fraction of sp³-hybridized carbons (Fsp3) is 0.286. The third-order valence-corrected chi connectivity index (χ3v) is 2.53. The lowest BCUT2D eigenvalue weighted by molar-refractivity contribution is 1.24. The third-order valence-electron chi connectivity index (χ3n) is 2.53. The molecule has 0 radical (unpaired) electrons. The van der Waals surface area contributed by atoms with Gasteiger partial charge in [-0.15, -0.1) is 0 Å². The Morgan fingerprint density at radius 2 is 1.93 bits per heavy atom. The van der Waals surface area contributed by atoms with Crippen LogP contribution in [0.5, 0.6) is 0 Å². The molecule has 14 heavy (non-hydrogen) atoms. The fourth-order valence-corrected chi connectivity index (χ4v) is 1.51. The number of benzene rings is 1. The van der Waals surface area contributed by atoms with E-state index in [-0.39, 0.29) is 0 Å². The standard InChI is InChI=1S/C14H18/c1-6-11(4)13-8-7-12(5)14(9-13)10(2)3/h7-9H,2,4,6H2,1,3,5H3. The van der Waals surface area contributed by atoms with Crippen molar-refractivity contribution in [3.63, 3.8) is 0 Å². The van der Waals surface area contributed by atoms with Gasteiger partial charge >= 0.3 is 0 Å². The summed E-state index contributed by atoms with van der Waals surface area (Å²) in [6.07, 6.45) is 0.999. The van der Waals surface area contributed by atoms with E-state index in [9.17, 15) is 0 Å². The van der Waals surface area contributed by atoms with Gasteiger partial charge in [0.15, 0.2) is 0 Å². The van der Waals surface area contributed by atoms with Crippen LogP contribution in [0.25, 0.3) is 11.1 Å². The molecule has 0 atom stereocenters. The monoisotopic (exact) mass is 186 g/mol. The molecule has 74 valence electrons. The molecule has 0 aromatic heterocycles. The molecule has 0 saturated heterocycles. The number of allylic oxidation sites excluding steroid dienone is 2. The molecule has 1 aromatic carbocycles. The fourth-order valence-electron chi connectivity index (χ4n) is 1.51. The smallest absolute Gasteiger partial charge is 0.0198 e. The molecule has 0 spiro atoms. The summed E-state index contributed by atoms with van der Waals surface area (Å²) in [7, 11) is 0. The summed E-state index contributed by atoms with van der Waals surface area (Å²) in [5.41, 5.74) is 6.07. The largest absolute Gasteiger partial charge is 0.0955 e. The number of aryl methyl sites for hydroxylation is 1. The van der Waals surface area contributed by atoms with Crippen molar-refractivity contribution < 1.29 is 0 Å². The second-order valence-electron chi connectivity index (χ2n) is 3.77. The van der Waals surface area contributed by atoms with E-state index >= 15 is 0 Å². The van der Waals surface area contributed by atoms with Crippen LogP contribution >= 0.6 is 0 Å². The van der Waals surface area contributed by atoms with Gasteiger partial charge in [0.1, 0.15) is 0 Å². The molecule has 0 fully saturated rings. The normalized spacial score (nSPS) is 9.93. The predicted octanol–water partition coefficient (Wildman–Crippen LogP) is 4.45. The van der Waals surface area contributed by atoms with Crippen molar-refractivity contribution in [2.45, 2.75) is 27.2 Å². The Kier molecular flexibility index (Phi) is 3.29. The molecule has 0 aliphatic carbocycles. The number of rotatable bonds is 3. The van der Waals surface area contributed by atoms with E-state index < -0.39 is 0 Å². The lowest BCUT2D eigenvalue weighted by Crippen LogP contribution is -1.88. The van der Waals surface area contributed by atoms with E-state index in [1.54, 1.807) is 0 Å². The Balaban J connectivity index is 3.19. The summed E-state index contributed by atoms with van der Waals surface area (Å²) >= 11 is 0. The summed E-state index contributed by atoms with van der Waals surface area (Å²) in [6.45, 7) is 14.3. The van der Waals surface area contributed by atoms with Gasteiger partial charge in [-0.25, -0.2) is 0 Å². The molecule has 1 rings (SSSR count). The van der Waals surface area contributed by atoms with Crippen molar-refractivity contribution in [2.75, 3.05) is 0 Å². The van der Waals surface area contributed by atoms with Crippen LogP contribution in [-0.2, 0) is 0 Å². The summed E-state index contributed by atoms with van der Waals surface area (Å²) in [4.78, 5) is 0. The lowest BCUT2D eigenvalue weighted by atomic mass is 9.96. The van der Waals surface area contributed by atoms with Gasteiger partial charge in [-0.1, -0.05) is 37.8 Å². The minimum absolute atomic E-state index is 0.999. The first kappa shape index (κ1) is 10.8. The molecule has 0 heterocycles. The van der Waals surface area contributed by atoms with Crippen LogP contribution in [0, 0.1) is 6.92 Å². The molecule has 0 aliphatic heterocycles. The predicted molar refractivity (Wildman–Crippen MR) is 65.2 cm³/mol. The Morgan fingerprint density at radius 3 is 2.43 bits per heavy atom. The maximum absolute atomic E-state index is 4.04. The van der Waals surface area contributed by atoms with Gasteiger partial charge in [0.2, 0.25) is 0 Å². The van der Waals surface area contributed by atoms with Crippen LogP contribution in [0.2, 0.25) is 0 Å². The summed E-state index contributed by atoms with van der Waals surface area (Å²) < 4.78 is 0. The van der Waals surface area contributed by atoms with Gasteiger partial charge in [0.25, 0.3) is 0 Å². The van der Waals surface area contributed by atoms with Gasteiger partial charge in [0, 0.05) is 0 Å². The van der Waals surface area contributed by atoms with Crippen LogP contribution in [0.1, 0.15) is 37.0 Å². The van der Waals surface area contributed by atoms with E-state index in [1.165, 1.54) is 22.3 Å². The Labute approximate surface area is 87.0 Å². The molecule has 0 nitrogen and oxygen atoms in total. The minimum atomic E-state index is 0.999. The van der Waals surface area contributed by atoms with E-state index in [1.807, 2.05) is 6.92 Å². The van der Waals surface area contributed by atoms with Gasteiger partial charge in [-0.3, -0.25) is 0 Å². The zero-order chi connectivity index (χ0) is 10.7. The quantitative estimate of drug-likeness (QED) is 0.654. The highest BCUT2D eigenvalue weighted by molar-refractivity contribution is 5.71. The van der Waals surface area contributed by atoms with Crippen molar-refractivity contribution in [1.29, 1.82) is 0 Å². The number of hydrogen-bond acceptors (Lipinski definition) is 0.